The Kier molecular flexibility index (Phi) is 8.03. The lowest BCUT2D eigenvalue weighted by atomic mass is 10.1. The topological polar surface area (TPSA) is 66.9 Å². The van der Waals surface area contributed by atoms with Gasteiger partial charge in [0.25, 0.3) is 10.0 Å². The van der Waals surface area contributed by atoms with Crippen molar-refractivity contribution in [1.29, 1.82) is 0 Å². The molecule has 0 N–H and O–H groups in total. The summed E-state index contributed by atoms with van der Waals surface area (Å²) in [5.41, 5.74) is 2.28. The minimum atomic E-state index is -3.46. The molecule has 1 amide bonds. The maximum absolute atomic E-state index is 12.4. The maximum atomic E-state index is 12.4. The van der Waals surface area contributed by atoms with Crippen molar-refractivity contribution in [3.8, 4) is 5.75 Å². The Morgan fingerprint density at radius 1 is 1.11 bits per heavy atom. The molecule has 0 radical (unpaired) electrons. The van der Waals surface area contributed by atoms with Crippen LogP contribution < -0.4 is 4.74 Å². The molecule has 2 rings (SSSR count). The lowest BCUT2D eigenvalue weighted by Gasteiger charge is -2.19. The van der Waals surface area contributed by atoms with Crippen LogP contribution in [0.25, 0.3) is 0 Å². The fourth-order valence-electron chi connectivity index (χ4n) is 2.77. The quantitative estimate of drug-likeness (QED) is 0.587. The molecule has 8 heteroatoms. The SMILES string of the molecule is Cc1cc(C)cc(OCCN(C)C(=O)CCCN(C)S(=O)(=O)c2cccs2)c1. The van der Waals surface area contributed by atoms with Crippen LogP contribution in [-0.4, -0.2) is 57.3 Å². The van der Waals surface area contributed by atoms with E-state index in [2.05, 4.69) is 6.07 Å². The average molecular weight is 425 g/mol. The molecule has 0 fully saturated rings. The Morgan fingerprint density at radius 3 is 2.39 bits per heavy atom. The summed E-state index contributed by atoms with van der Waals surface area (Å²) in [6.45, 7) is 5.24. The van der Waals surface area contributed by atoms with Gasteiger partial charge in [-0.05, 0) is 55.0 Å². The summed E-state index contributed by atoms with van der Waals surface area (Å²) in [6, 6.07) is 9.32. The van der Waals surface area contributed by atoms with Gasteiger partial charge in [0.15, 0.2) is 0 Å². The van der Waals surface area contributed by atoms with Gasteiger partial charge >= 0.3 is 0 Å². The Labute approximate surface area is 171 Å². The minimum Gasteiger partial charge on any atom is -0.492 e. The second-order valence-corrected chi connectivity index (χ2v) is 10.1. The Morgan fingerprint density at radius 2 is 1.79 bits per heavy atom. The number of aryl methyl sites for hydroxylation is 2. The molecule has 0 saturated carbocycles. The average Bonchev–Trinajstić information content (AvgIpc) is 3.16. The van der Waals surface area contributed by atoms with Gasteiger partial charge in [0, 0.05) is 27.1 Å². The molecule has 0 atom stereocenters. The number of hydrogen-bond acceptors (Lipinski definition) is 5. The molecule has 154 valence electrons. The van der Waals surface area contributed by atoms with Crippen LogP contribution in [0.15, 0.2) is 39.9 Å². The number of benzene rings is 1. The van der Waals surface area contributed by atoms with Gasteiger partial charge in [-0.2, -0.15) is 0 Å². The van der Waals surface area contributed by atoms with E-state index in [4.69, 9.17) is 4.74 Å². The molecule has 6 nitrogen and oxygen atoms in total. The van der Waals surface area contributed by atoms with Crippen LogP contribution >= 0.6 is 11.3 Å². The van der Waals surface area contributed by atoms with Crippen molar-refractivity contribution in [2.24, 2.45) is 0 Å². The number of likely N-dealkylation sites (N-methyl/N-ethyl adjacent to an activating group) is 1. The highest BCUT2D eigenvalue weighted by molar-refractivity contribution is 7.91. The highest BCUT2D eigenvalue weighted by atomic mass is 32.2. The summed E-state index contributed by atoms with van der Waals surface area (Å²) < 4.78 is 32.1. The van der Waals surface area contributed by atoms with E-state index >= 15 is 0 Å². The molecule has 28 heavy (non-hydrogen) atoms. The molecule has 1 heterocycles. The van der Waals surface area contributed by atoms with Crippen molar-refractivity contribution < 1.29 is 17.9 Å². The summed E-state index contributed by atoms with van der Waals surface area (Å²) in [5, 5.41) is 1.74. The molecule has 0 bridgehead atoms. The van der Waals surface area contributed by atoms with Crippen molar-refractivity contribution in [2.75, 3.05) is 33.8 Å². The third kappa shape index (κ3) is 6.32. The third-order valence-corrected chi connectivity index (χ3v) is 7.57. The predicted molar refractivity (Wildman–Crippen MR) is 112 cm³/mol. The number of ether oxygens (including phenoxy) is 1. The van der Waals surface area contributed by atoms with Crippen LogP contribution in [0, 0.1) is 13.8 Å². The van der Waals surface area contributed by atoms with E-state index in [-0.39, 0.29) is 5.91 Å². The highest BCUT2D eigenvalue weighted by Crippen LogP contribution is 2.20. The molecule has 0 saturated heterocycles. The van der Waals surface area contributed by atoms with Gasteiger partial charge in [-0.1, -0.05) is 12.1 Å². The Bertz CT molecular complexity index is 859. The van der Waals surface area contributed by atoms with E-state index in [1.54, 1.807) is 36.5 Å². The number of rotatable bonds is 10. The second-order valence-electron chi connectivity index (χ2n) is 6.85. The van der Waals surface area contributed by atoms with Crippen molar-refractivity contribution in [1.82, 2.24) is 9.21 Å². The number of sulfonamides is 1. The van der Waals surface area contributed by atoms with Gasteiger partial charge in [0.05, 0.1) is 6.54 Å². The molecule has 0 spiro atoms. The smallest absolute Gasteiger partial charge is 0.252 e. The monoisotopic (exact) mass is 424 g/mol. The van der Waals surface area contributed by atoms with Crippen LogP contribution in [0.4, 0.5) is 0 Å². The second kappa shape index (κ2) is 10.0. The number of carbonyl (C=O) groups excluding carboxylic acids is 1. The van der Waals surface area contributed by atoms with Crippen LogP contribution in [-0.2, 0) is 14.8 Å². The molecule has 0 aliphatic carbocycles. The van der Waals surface area contributed by atoms with Crippen molar-refractivity contribution in [3.05, 3.63) is 46.8 Å². The van der Waals surface area contributed by atoms with E-state index in [9.17, 15) is 13.2 Å². The zero-order valence-electron chi connectivity index (χ0n) is 16.8. The molecule has 0 aliphatic heterocycles. The van der Waals surface area contributed by atoms with Gasteiger partial charge in [-0.15, -0.1) is 11.3 Å². The minimum absolute atomic E-state index is 0.0223. The predicted octanol–water partition coefficient (Wildman–Crippen LogP) is 3.30. The van der Waals surface area contributed by atoms with E-state index in [0.29, 0.717) is 36.7 Å². The number of hydrogen-bond donors (Lipinski definition) is 0. The molecule has 1 aromatic carbocycles. The first-order valence-electron chi connectivity index (χ1n) is 9.15. The summed E-state index contributed by atoms with van der Waals surface area (Å²) in [7, 11) is -0.181. The van der Waals surface area contributed by atoms with E-state index < -0.39 is 10.0 Å². The van der Waals surface area contributed by atoms with Gasteiger partial charge in [-0.3, -0.25) is 4.79 Å². The summed E-state index contributed by atoms with van der Waals surface area (Å²) in [4.78, 5) is 13.9. The molecule has 0 aliphatic rings. The summed E-state index contributed by atoms with van der Waals surface area (Å²) in [6.07, 6.45) is 0.770. The van der Waals surface area contributed by atoms with E-state index in [1.165, 1.54) is 15.6 Å². The lowest BCUT2D eigenvalue weighted by molar-refractivity contribution is -0.130. The number of thiophene rings is 1. The summed E-state index contributed by atoms with van der Waals surface area (Å²) >= 11 is 1.19. The number of nitrogens with zero attached hydrogens (tertiary/aromatic N) is 2. The van der Waals surface area contributed by atoms with Gasteiger partial charge in [0.1, 0.15) is 16.6 Å². The van der Waals surface area contributed by atoms with Gasteiger partial charge in [-0.25, -0.2) is 12.7 Å². The lowest BCUT2D eigenvalue weighted by Crippen LogP contribution is -2.32. The standard InChI is InChI=1S/C20H28N2O4S2/c1-16-13-17(2)15-18(14-16)26-11-10-21(3)19(23)7-5-9-22(4)28(24,25)20-8-6-12-27-20/h6,8,12-15H,5,7,9-11H2,1-4H3. The van der Waals surface area contributed by atoms with Crippen LogP contribution in [0.2, 0.25) is 0 Å². The van der Waals surface area contributed by atoms with Gasteiger partial charge < -0.3 is 9.64 Å². The van der Waals surface area contributed by atoms with Crippen LogP contribution in [0.1, 0.15) is 24.0 Å². The van der Waals surface area contributed by atoms with Gasteiger partial charge in [0.2, 0.25) is 5.91 Å². The zero-order valence-corrected chi connectivity index (χ0v) is 18.5. The fourth-order valence-corrected chi connectivity index (χ4v) is 5.18. The Balaban J connectivity index is 1.72. The molecule has 0 unspecified atom stereocenters. The molecule has 2 aromatic rings. The van der Waals surface area contributed by atoms with Crippen molar-refractivity contribution in [3.63, 3.8) is 0 Å². The normalized spacial score (nSPS) is 11.6. The zero-order chi connectivity index (χ0) is 20.7. The molecular formula is C20H28N2O4S2. The van der Waals surface area contributed by atoms with E-state index in [1.807, 2.05) is 26.0 Å². The summed E-state index contributed by atoms with van der Waals surface area (Å²) in [5.74, 6) is 0.782. The number of amides is 1. The molecular weight excluding hydrogens is 396 g/mol. The first-order chi connectivity index (χ1) is 13.2. The maximum Gasteiger partial charge on any atom is 0.252 e. The largest absolute Gasteiger partial charge is 0.492 e. The van der Waals surface area contributed by atoms with Crippen LogP contribution in [0.3, 0.4) is 0 Å². The van der Waals surface area contributed by atoms with Crippen molar-refractivity contribution in [2.45, 2.75) is 30.9 Å². The first kappa shape index (κ1) is 22.4. The first-order valence-corrected chi connectivity index (χ1v) is 11.5. The molecule has 1 aromatic heterocycles. The van der Waals surface area contributed by atoms with Crippen molar-refractivity contribution >= 4 is 27.3 Å². The van der Waals surface area contributed by atoms with Crippen LogP contribution in [0.5, 0.6) is 5.75 Å². The Hall–Kier alpha value is -1.90. The fraction of sp³-hybridized carbons (Fsp3) is 0.450. The highest BCUT2D eigenvalue weighted by Gasteiger charge is 2.21. The van der Waals surface area contributed by atoms with E-state index in [0.717, 1.165) is 16.9 Å². The third-order valence-electron chi connectivity index (χ3n) is 4.34. The number of carbonyl (C=O) groups is 1.